The number of rotatable bonds is 2. The monoisotopic (exact) mass is 266 g/mol. The third-order valence-corrected chi connectivity index (χ3v) is 2.32. The molecule has 1 aliphatic rings. The molecule has 0 radical (unpaired) electrons. The number of nitrogens with zero attached hydrogens (tertiary/aromatic N) is 2. The van der Waals surface area contributed by atoms with Crippen LogP contribution in [0.4, 0.5) is 5.82 Å². The van der Waals surface area contributed by atoms with Gasteiger partial charge in [-0.15, -0.1) is 24.8 Å². The molecular weight excluding hydrogens is 251 g/mol. The second-order valence-electron chi connectivity index (χ2n) is 3.37. The molecule has 5 nitrogen and oxygen atoms in total. The molecule has 1 saturated heterocycles. The molecule has 0 saturated carbocycles. The van der Waals surface area contributed by atoms with Crippen molar-refractivity contribution in [2.75, 3.05) is 18.5 Å². The molecule has 2 rings (SSSR count). The second kappa shape index (κ2) is 7.62. The number of aromatic nitrogens is 2. The summed E-state index contributed by atoms with van der Waals surface area (Å²) in [5.74, 6) is 0.797. The third kappa shape index (κ3) is 4.09. The van der Waals surface area contributed by atoms with E-state index in [1.165, 1.54) is 6.33 Å². The SMILES string of the molecule is Cl.Cl.N[C@H]1CCOC[C@H]1Nc1ccncn1. The van der Waals surface area contributed by atoms with Crippen molar-refractivity contribution in [3.63, 3.8) is 0 Å². The van der Waals surface area contributed by atoms with E-state index in [4.69, 9.17) is 10.5 Å². The Morgan fingerprint density at radius 1 is 1.44 bits per heavy atom. The molecule has 1 aromatic rings. The zero-order valence-electron chi connectivity index (χ0n) is 8.70. The molecule has 7 heteroatoms. The highest BCUT2D eigenvalue weighted by Crippen LogP contribution is 2.10. The maximum Gasteiger partial charge on any atom is 0.129 e. The Kier molecular flexibility index (Phi) is 7.33. The van der Waals surface area contributed by atoms with Crippen LogP contribution in [0.15, 0.2) is 18.6 Å². The molecule has 0 unspecified atom stereocenters. The number of hydrogen-bond donors (Lipinski definition) is 2. The largest absolute Gasteiger partial charge is 0.379 e. The average molecular weight is 267 g/mol. The van der Waals surface area contributed by atoms with Gasteiger partial charge in [-0.3, -0.25) is 0 Å². The summed E-state index contributed by atoms with van der Waals surface area (Å²) < 4.78 is 5.34. The number of nitrogens with two attached hydrogens (primary N) is 1. The van der Waals surface area contributed by atoms with E-state index < -0.39 is 0 Å². The number of ether oxygens (including phenoxy) is 1. The van der Waals surface area contributed by atoms with Gasteiger partial charge in [0, 0.05) is 18.8 Å². The first kappa shape index (κ1) is 15.4. The first-order chi connectivity index (χ1) is 6.86. The summed E-state index contributed by atoms with van der Waals surface area (Å²) in [6, 6.07) is 2.11. The molecular formula is C9H16Cl2N4O. The molecule has 0 aliphatic carbocycles. The van der Waals surface area contributed by atoms with Crippen LogP contribution in [0.5, 0.6) is 0 Å². The van der Waals surface area contributed by atoms with E-state index in [1.54, 1.807) is 6.20 Å². The zero-order chi connectivity index (χ0) is 9.80. The minimum atomic E-state index is 0. The second-order valence-corrected chi connectivity index (χ2v) is 3.37. The lowest BCUT2D eigenvalue weighted by atomic mass is 10.1. The molecule has 1 aromatic heterocycles. The maximum absolute atomic E-state index is 5.94. The van der Waals surface area contributed by atoms with Gasteiger partial charge in [0.15, 0.2) is 0 Å². The number of anilines is 1. The van der Waals surface area contributed by atoms with Gasteiger partial charge in [0.05, 0.1) is 12.6 Å². The van der Waals surface area contributed by atoms with Crippen molar-refractivity contribution in [3.05, 3.63) is 18.6 Å². The summed E-state index contributed by atoms with van der Waals surface area (Å²) >= 11 is 0. The summed E-state index contributed by atoms with van der Waals surface area (Å²) in [7, 11) is 0. The number of hydrogen-bond acceptors (Lipinski definition) is 5. The Morgan fingerprint density at radius 3 is 2.88 bits per heavy atom. The van der Waals surface area contributed by atoms with Crippen LogP contribution in [0.3, 0.4) is 0 Å². The molecule has 0 amide bonds. The standard InChI is InChI=1S/C9H14N4O.2ClH/c10-7-2-4-14-5-8(7)13-9-1-3-11-6-12-9;;/h1,3,6-8H,2,4-5,10H2,(H,11,12,13);2*1H/t7-,8+;;/m0../s1. The predicted octanol–water partition coefficient (Wildman–Crippen LogP) is 0.848. The molecule has 16 heavy (non-hydrogen) atoms. The van der Waals surface area contributed by atoms with Gasteiger partial charge in [-0.05, 0) is 12.5 Å². The molecule has 2 atom stereocenters. The van der Waals surface area contributed by atoms with Crippen LogP contribution in [0.1, 0.15) is 6.42 Å². The van der Waals surface area contributed by atoms with Gasteiger partial charge in [-0.1, -0.05) is 0 Å². The molecule has 0 bridgehead atoms. The molecule has 0 aromatic carbocycles. The van der Waals surface area contributed by atoms with Gasteiger partial charge < -0.3 is 15.8 Å². The summed E-state index contributed by atoms with van der Waals surface area (Å²) in [4.78, 5) is 7.92. The van der Waals surface area contributed by atoms with Gasteiger partial charge >= 0.3 is 0 Å². The summed E-state index contributed by atoms with van der Waals surface area (Å²) in [5, 5.41) is 3.23. The van der Waals surface area contributed by atoms with E-state index >= 15 is 0 Å². The highest BCUT2D eigenvalue weighted by molar-refractivity contribution is 5.85. The smallest absolute Gasteiger partial charge is 0.129 e. The Bertz CT molecular complexity index is 288. The summed E-state index contributed by atoms with van der Waals surface area (Å²) in [5.41, 5.74) is 5.94. The molecule has 0 spiro atoms. The topological polar surface area (TPSA) is 73.1 Å². The van der Waals surface area contributed by atoms with Gasteiger partial charge in [-0.25, -0.2) is 9.97 Å². The van der Waals surface area contributed by atoms with Crippen LogP contribution in [0, 0.1) is 0 Å². The van der Waals surface area contributed by atoms with E-state index in [9.17, 15) is 0 Å². The Labute approximate surface area is 107 Å². The van der Waals surface area contributed by atoms with Crippen LogP contribution >= 0.6 is 24.8 Å². The van der Waals surface area contributed by atoms with Crippen molar-refractivity contribution < 1.29 is 4.74 Å². The van der Waals surface area contributed by atoms with E-state index in [0.29, 0.717) is 6.61 Å². The first-order valence-corrected chi connectivity index (χ1v) is 4.72. The fourth-order valence-corrected chi connectivity index (χ4v) is 1.47. The Balaban J connectivity index is 0.00000112. The van der Waals surface area contributed by atoms with Crippen LogP contribution in [0.25, 0.3) is 0 Å². The van der Waals surface area contributed by atoms with Gasteiger partial charge in [0.25, 0.3) is 0 Å². The van der Waals surface area contributed by atoms with E-state index in [-0.39, 0.29) is 36.9 Å². The molecule has 1 fully saturated rings. The van der Waals surface area contributed by atoms with Gasteiger partial charge in [-0.2, -0.15) is 0 Å². The van der Waals surface area contributed by atoms with Crippen LogP contribution in [-0.4, -0.2) is 35.3 Å². The number of nitrogens with one attached hydrogen (secondary N) is 1. The quantitative estimate of drug-likeness (QED) is 0.831. The van der Waals surface area contributed by atoms with Crippen molar-refractivity contribution in [2.24, 2.45) is 5.73 Å². The number of halogens is 2. The van der Waals surface area contributed by atoms with E-state index in [2.05, 4.69) is 15.3 Å². The van der Waals surface area contributed by atoms with Crippen LogP contribution in [0.2, 0.25) is 0 Å². The normalized spacial score (nSPS) is 23.8. The van der Waals surface area contributed by atoms with E-state index in [1.807, 2.05) is 6.07 Å². The molecule has 1 aliphatic heterocycles. The average Bonchev–Trinajstić information content (AvgIpc) is 2.23. The predicted molar refractivity (Wildman–Crippen MR) is 67.4 cm³/mol. The van der Waals surface area contributed by atoms with Crippen molar-refractivity contribution in [1.29, 1.82) is 0 Å². The summed E-state index contributed by atoms with van der Waals surface area (Å²) in [6.07, 6.45) is 4.10. The Hall–Kier alpha value is -0.620. The van der Waals surface area contributed by atoms with Crippen molar-refractivity contribution in [3.8, 4) is 0 Å². The lowest BCUT2D eigenvalue weighted by molar-refractivity contribution is 0.0767. The van der Waals surface area contributed by atoms with Crippen LogP contribution < -0.4 is 11.1 Å². The van der Waals surface area contributed by atoms with E-state index in [0.717, 1.165) is 18.8 Å². The minimum absolute atomic E-state index is 0. The fraction of sp³-hybridized carbons (Fsp3) is 0.556. The fourth-order valence-electron chi connectivity index (χ4n) is 1.47. The van der Waals surface area contributed by atoms with Crippen molar-refractivity contribution in [1.82, 2.24) is 9.97 Å². The summed E-state index contributed by atoms with van der Waals surface area (Å²) in [6.45, 7) is 1.40. The van der Waals surface area contributed by atoms with Crippen molar-refractivity contribution >= 4 is 30.6 Å². The van der Waals surface area contributed by atoms with Crippen LogP contribution in [-0.2, 0) is 4.74 Å². The van der Waals surface area contributed by atoms with Gasteiger partial charge in [0.1, 0.15) is 12.1 Å². The lowest BCUT2D eigenvalue weighted by Crippen LogP contribution is -2.47. The van der Waals surface area contributed by atoms with Gasteiger partial charge in [0.2, 0.25) is 0 Å². The van der Waals surface area contributed by atoms with Crippen molar-refractivity contribution in [2.45, 2.75) is 18.5 Å². The third-order valence-electron chi connectivity index (χ3n) is 2.32. The highest BCUT2D eigenvalue weighted by Gasteiger charge is 2.22. The molecule has 2 heterocycles. The zero-order valence-corrected chi connectivity index (χ0v) is 10.3. The maximum atomic E-state index is 5.94. The first-order valence-electron chi connectivity index (χ1n) is 4.72. The molecule has 92 valence electrons. The molecule has 3 N–H and O–H groups in total. The lowest BCUT2D eigenvalue weighted by Gasteiger charge is -2.29. The Morgan fingerprint density at radius 2 is 2.25 bits per heavy atom. The minimum Gasteiger partial charge on any atom is -0.379 e. The highest BCUT2D eigenvalue weighted by atomic mass is 35.5.